The van der Waals surface area contributed by atoms with Crippen molar-refractivity contribution in [3.8, 4) is 17.3 Å². The van der Waals surface area contributed by atoms with Crippen LogP contribution < -0.4 is 19.9 Å². The van der Waals surface area contributed by atoms with Gasteiger partial charge in [-0.05, 0) is 30.7 Å². The SMILES string of the molecule is O=C(Nc1ccnc(OCC(O)CO)c1)N1c2nc(-c3cccc(C(F)(F)F)n3)c(Cl)cc2N2CC[C@H]1C2. The molecular weight excluding hydrogens is 529 g/mol. The minimum Gasteiger partial charge on any atom is -0.475 e. The number of urea groups is 1. The lowest BCUT2D eigenvalue weighted by Gasteiger charge is -2.36. The van der Waals surface area contributed by atoms with Crippen molar-refractivity contribution in [1.82, 2.24) is 15.0 Å². The molecule has 5 heterocycles. The Bertz CT molecular complexity index is 1360. The van der Waals surface area contributed by atoms with Gasteiger partial charge in [-0.3, -0.25) is 4.90 Å². The summed E-state index contributed by atoms with van der Waals surface area (Å²) in [4.78, 5) is 29.2. The molecule has 2 amide bonds. The third kappa shape index (κ3) is 5.17. The van der Waals surface area contributed by atoms with Gasteiger partial charge in [-0.25, -0.2) is 19.7 Å². The number of aliphatic hydroxyl groups excluding tert-OH is 2. The number of rotatable bonds is 6. The van der Waals surface area contributed by atoms with Crippen LogP contribution in [0.15, 0.2) is 42.6 Å². The van der Waals surface area contributed by atoms with Crippen LogP contribution in [0.3, 0.4) is 0 Å². The van der Waals surface area contributed by atoms with Crippen LogP contribution in [-0.4, -0.2) is 69.6 Å². The van der Waals surface area contributed by atoms with E-state index in [1.807, 2.05) is 4.90 Å². The number of fused-ring (bicyclic) bond motifs is 4. The summed E-state index contributed by atoms with van der Waals surface area (Å²) >= 11 is 6.45. The number of carbonyl (C=O) groups is 1. The summed E-state index contributed by atoms with van der Waals surface area (Å²) in [6, 6.07) is 7.33. The van der Waals surface area contributed by atoms with Crippen LogP contribution in [0.1, 0.15) is 12.1 Å². The first-order chi connectivity index (χ1) is 18.1. The fourth-order valence-electron chi connectivity index (χ4n) is 4.37. The predicted octanol–water partition coefficient (Wildman–Crippen LogP) is 3.57. The lowest BCUT2D eigenvalue weighted by molar-refractivity contribution is -0.141. The van der Waals surface area contributed by atoms with Crippen molar-refractivity contribution in [2.24, 2.45) is 0 Å². The van der Waals surface area contributed by atoms with E-state index in [1.165, 1.54) is 29.3 Å². The number of hydrogen-bond donors (Lipinski definition) is 3. The molecule has 0 aromatic carbocycles. The van der Waals surface area contributed by atoms with Crippen LogP contribution in [0.2, 0.25) is 5.02 Å². The van der Waals surface area contributed by atoms with Gasteiger partial charge in [0.2, 0.25) is 5.88 Å². The van der Waals surface area contributed by atoms with Crippen LogP contribution in [0.25, 0.3) is 11.4 Å². The van der Waals surface area contributed by atoms with Crippen molar-refractivity contribution in [3.63, 3.8) is 0 Å². The van der Waals surface area contributed by atoms with E-state index in [0.717, 1.165) is 6.07 Å². The molecule has 0 aliphatic carbocycles. The van der Waals surface area contributed by atoms with Gasteiger partial charge in [0, 0.05) is 31.0 Å². The van der Waals surface area contributed by atoms with Crippen molar-refractivity contribution in [3.05, 3.63) is 53.3 Å². The maximum atomic E-state index is 13.5. The molecule has 0 radical (unpaired) electrons. The Kier molecular flexibility index (Phi) is 6.99. The van der Waals surface area contributed by atoms with Gasteiger partial charge < -0.3 is 25.2 Å². The van der Waals surface area contributed by atoms with Crippen LogP contribution in [0, 0.1) is 0 Å². The highest BCUT2D eigenvalue weighted by atomic mass is 35.5. The summed E-state index contributed by atoms with van der Waals surface area (Å²) in [5, 5.41) is 21.3. The van der Waals surface area contributed by atoms with Gasteiger partial charge in [-0.15, -0.1) is 0 Å². The molecule has 14 heteroatoms. The molecule has 3 aromatic rings. The summed E-state index contributed by atoms with van der Waals surface area (Å²) in [6.45, 7) is 0.540. The van der Waals surface area contributed by atoms with Crippen LogP contribution in [0.4, 0.5) is 35.2 Å². The van der Waals surface area contributed by atoms with Crippen LogP contribution in [0.5, 0.6) is 5.88 Å². The number of amides is 2. The number of halogens is 4. The fourth-order valence-corrected chi connectivity index (χ4v) is 4.62. The van der Waals surface area contributed by atoms with Gasteiger partial charge in [0.15, 0.2) is 5.82 Å². The first kappa shape index (κ1) is 25.9. The smallest absolute Gasteiger partial charge is 0.433 e. The number of alkyl halides is 3. The molecule has 2 bridgehead atoms. The Morgan fingerprint density at radius 1 is 1.26 bits per heavy atom. The number of pyridine rings is 3. The van der Waals surface area contributed by atoms with Gasteiger partial charge in [-0.2, -0.15) is 13.2 Å². The van der Waals surface area contributed by atoms with Crippen molar-refractivity contribution in [1.29, 1.82) is 0 Å². The van der Waals surface area contributed by atoms with Crippen molar-refractivity contribution >= 4 is 34.8 Å². The minimum absolute atomic E-state index is 0.0267. The summed E-state index contributed by atoms with van der Waals surface area (Å²) in [5.74, 6) is 0.385. The second-order valence-electron chi connectivity index (χ2n) is 8.79. The highest BCUT2D eigenvalue weighted by molar-refractivity contribution is 6.33. The van der Waals surface area contributed by atoms with Gasteiger partial charge in [0.05, 0.1) is 29.1 Å². The number of nitrogens with zero attached hydrogens (tertiary/aromatic N) is 5. The Morgan fingerprint density at radius 2 is 2.08 bits per heavy atom. The average molecular weight is 551 g/mol. The largest absolute Gasteiger partial charge is 0.475 e. The van der Waals surface area contributed by atoms with Gasteiger partial charge in [0.25, 0.3) is 0 Å². The summed E-state index contributed by atoms with van der Waals surface area (Å²) in [6.07, 6.45) is -3.66. The summed E-state index contributed by atoms with van der Waals surface area (Å²) < 4.78 is 45.1. The second-order valence-corrected chi connectivity index (χ2v) is 9.19. The molecule has 0 saturated carbocycles. The molecule has 2 aliphatic heterocycles. The number of anilines is 3. The van der Waals surface area contributed by atoms with E-state index in [0.29, 0.717) is 30.9 Å². The summed E-state index contributed by atoms with van der Waals surface area (Å²) in [5.41, 5.74) is -0.174. The second kappa shape index (κ2) is 10.2. The zero-order valence-corrected chi connectivity index (χ0v) is 20.4. The lowest BCUT2D eigenvalue weighted by Crippen LogP contribution is -2.48. The van der Waals surface area contributed by atoms with E-state index >= 15 is 0 Å². The molecule has 2 aliphatic rings. The fraction of sp³-hybridized carbons (Fsp3) is 0.333. The van der Waals surface area contributed by atoms with E-state index in [4.69, 9.17) is 21.4 Å². The van der Waals surface area contributed by atoms with E-state index in [9.17, 15) is 23.1 Å². The zero-order valence-electron chi connectivity index (χ0n) is 19.7. The maximum absolute atomic E-state index is 13.5. The quantitative estimate of drug-likeness (QED) is 0.425. The third-order valence-electron chi connectivity index (χ3n) is 6.16. The van der Waals surface area contributed by atoms with E-state index in [1.54, 1.807) is 12.1 Å². The number of aliphatic hydroxyl groups is 2. The van der Waals surface area contributed by atoms with Crippen molar-refractivity contribution in [2.75, 3.05) is 41.4 Å². The monoisotopic (exact) mass is 550 g/mol. The van der Waals surface area contributed by atoms with Gasteiger partial charge >= 0.3 is 12.2 Å². The number of carbonyl (C=O) groups excluding carboxylic acids is 1. The highest BCUT2D eigenvalue weighted by Crippen LogP contribution is 2.43. The van der Waals surface area contributed by atoms with Gasteiger partial charge in [-0.1, -0.05) is 17.7 Å². The van der Waals surface area contributed by atoms with Crippen LogP contribution >= 0.6 is 11.6 Å². The maximum Gasteiger partial charge on any atom is 0.433 e. The van der Waals surface area contributed by atoms with Crippen molar-refractivity contribution in [2.45, 2.75) is 24.7 Å². The average Bonchev–Trinajstić information content (AvgIpc) is 3.31. The van der Waals surface area contributed by atoms with E-state index in [-0.39, 0.29) is 40.8 Å². The van der Waals surface area contributed by atoms with E-state index < -0.39 is 30.6 Å². The van der Waals surface area contributed by atoms with E-state index in [2.05, 4.69) is 20.3 Å². The first-order valence-electron chi connectivity index (χ1n) is 11.6. The molecular formula is C24H22ClF3N6O4. The molecule has 1 saturated heterocycles. The normalized spacial score (nSPS) is 17.3. The molecule has 10 nitrogen and oxygen atoms in total. The topological polar surface area (TPSA) is 124 Å². The number of ether oxygens (including phenoxy) is 1. The molecule has 0 spiro atoms. The highest BCUT2D eigenvalue weighted by Gasteiger charge is 2.41. The molecule has 3 N–H and O–H groups in total. The Labute approximate surface area is 219 Å². The molecule has 38 heavy (non-hydrogen) atoms. The Balaban J connectivity index is 1.46. The number of aromatic nitrogens is 3. The Hall–Kier alpha value is -3.68. The lowest BCUT2D eigenvalue weighted by atomic mass is 10.1. The zero-order chi connectivity index (χ0) is 27.0. The molecule has 1 fully saturated rings. The third-order valence-corrected chi connectivity index (χ3v) is 6.44. The van der Waals surface area contributed by atoms with Crippen molar-refractivity contribution < 1.29 is 32.9 Å². The standard InChI is InChI=1S/C24H22ClF3N6O4/c25-16-9-18-22(32-21(16)17-2-1-3-19(31-17)24(26,27)28)34(14-5-7-33(18)10-14)23(37)30-13-4-6-29-20(8-13)38-12-15(36)11-35/h1-4,6,8-9,14-15,35-36H,5,7,10-12H2,(H,29,30,37)/t14-,15?/m0/s1. The van der Waals surface area contributed by atoms with Gasteiger partial charge in [0.1, 0.15) is 24.1 Å². The predicted molar refractivity (Wildman–Crippen MR) is 132 cm³/mol. The molecule has 3 aromatic heterocycles. The summed E-state index contributed by atoms with van der Waals surface area (Å²) in [7, 11) is 0. The Morgan fingerprint density at radius 3 is 2.84 bits per heavy atom. The first-order valence-corrected chi connectivity index (χ1v) is 12.0. The molecule has 2 atom stereocenters. The van der Waals surface area contributed by atoms with Crippen LogP contribution in [-0.2, 0) is 6.18 Å². The number of hydrogen-bond acceptors (Lipinski definition) is 8. The molecule has 200 valence electrons. The molecule has 5 rings (SSSR count). The molecule has 1 unspecified atom stereocenters. The minimum atomic E-state index is -4.64. The number of nitrogens with one attached hydrogen (secondary N) is 1.